The van der Waals surface area contributed by atoms with E-state index >= 15 is 0 Å². The number of hydrogen-bond donors (Lipinski definition) is 1. The summed E-state index contributed by atoms with van der Waals surface area (Å²) in [6.07, 6.45) is 4.48. The SMILES string of the molecule is O=S(=O)(c1ccc(-c2ccno2)o1)N1CCC[C@@]2(CCNC2)C1. The van der Waals surface area contributed by atoms with Crippen molar-refractivity contribution in [3.8, 4) is 11.5 Å². The third-order valence-electron chi connectivity index (χ3n) is 4.81. The minimum Gasteiger partial charge on any atom is -0.440 e. The molecule has 23 heavy (non-hydrogen) atoms. The number of aromatic nitrogens is 1. The molecule has 4 rings (SSSR count). The fourth-order valence-corrected chi connectivity index (χ4v) is 5.08. The molecule has 124 valence electrons. The van der Waals surface area contributed by atoms with Gasteiger partial charge in [0.15, 0.2) is 5.76 Å². The van der Waals surface area contributed by atoms with E-state index in [1.807, 2.05) is 0 Å². The molecule has 1 spiro atoms. The van der Waals surface area contributed by atoms with Gasteiger partial charge in [-0.05, 0) is 43.4 Å². The van der Waals surface area contributed by atoms with E-state index in [4.69, 9.17) is 8.94 Å². The second-order valence-electron chi connectivity index (χ2n) is 6.36. The average Bonchev–Trinajstić information content (AvgIpc) is 3.28. The smallest absolute Gasteiger partial charge is 0.276 e. The molecular weight excluding hydrogens is 318 g/mol. The van der Waals surface area contributed by atoms with Crippen LogP contribution in [0.4, 0.5) is 0 Å². The monoisotopic (exact) mass is 337 g/mol. The maximum absolute atomic E-state index is 12.9. The molecule has 0 bridgehead atoms. The summed E-state index contributed by atoms with van der Waals surface area (Å²) in [5, 5.41) is 6.92. The van der Waals surface area contributed by atoms with Gasteiger partial charge in [-0.15, -0.1) is 0 Å². The molecule has 0 aromatic carbocycles. The summed E-state index contributed by atoms with van der Waals surface area (Å²) >= 11 is 0. The Morgan fingerprint density at radius 2 is 2.13 bits per heavy atom. The molecule has 0 saturated carbocycles. The molecule has 2 aliphatic heterocycles. The lowest BCUT2D eigenvalue weighted by Gasteiger charge is -2.38. The molecule has 0 unspecified atom stereocenters. The van der Waals surface area contributed by atoms with E-state index in [0.29, 0.717) is 24.6 Å². The van der Waals surface area contributed by atoms with Crippen LogP contribution in [-0.2, 0) is 10.0 Å². The van der Waals surface area contributed by atoms with Gasteiger partial charge in [0.25, 0.3) is 10.0 Å². The van der Waals surface area contributed by atoms with Crippen LogP contribution in [0.5, 0.6) is 0 Å². The zero-order valence-electron chi connectivity index (χ0n) is 12.7. The number of hydrogen-bond acceptors (Lipinski definition) is 6. The highest BCUT2D eigenvalue weighted by Crippen LogP contribution is 2.38. The lowest BCUT2D eigenvalue weighted by atomic mass is 9.80. The number of nitrogens with one attached hydrogen (secondary N) is 1. The molecule has 0 aliphatic carbocycles. The second kappa shape index (κ2) is 5.47. The van der Waals surface area contributed by atoms with E-state index in [9.17, 15) is 8.42 Å². The van der Waals surface area contributed by atoms with Crippen LogP contribution in [0.1, 0.15) is 19.3 Å². The van der Waals surface area contributed by atoms with Crippen molar-refractivity contribution >= 4 is 10.0 Å². The van der Waals surface area contributed by atoms with Gasteiger partial charge in [0.1, 0.15) is 0 Å². The molecule has 4 heterocycles. The van der Waals surface area contributed by atoms with Gasteiger partial charge in [0, 0.05) is 25.7 Å². The lowest BCUT2D eigenvalue weighted by Crippen LogP contribution is -2.46. The van der Waals surface area contributed by atoms with Crippen molar-refractivity contribution in [3.05, 3.63) is 24.4 Å². The molecule has 2 fully saturated rings. The largest absolute Gasteiger partial charge is 0.440 e. The van der Waals surface area contributed by atoms with Gasteiger partial charge < -0.3 is 14.3 Å². The van der Waals surface area contributed by atoms with Crippen molar-refractivity contribution < 1.29 is 17.4 Å². The predicted octanol–water partition coefficient (Wildman–Crippen LogP) is 1.70. The van der Waals surface area contributed by atoms with Gasteiger partial charge >= 0.3 is 0 Å². The first kappa shape index (κ1) is 14.9. The first-order valence-corrected chi connectivity index (χ1v) is 9.25. The molecule has 2 aromatic rings. The van der Waals surface area contributed by atoms with Crippen LogP contribution in [-0.4, -0.2) is 44.1 Å². The summed E-state index contributed by atoms with van der Waals surface area (Å²) in [4.78, 5) is 0. The molecule has 1 atom stereocenters. The number of rotatable bonds is 3. The van der Waals surface area contributed by atoms with E-state index < -0.39 is 10.0 Å². The maximum Gasteiger partial charge on any atom is 0.276 e. The molecule has 1 N–H and O–H groups in total. The Morgan fingerprint density at radius 3 is 2.87 bits per heavy atom. The topological polar surface area (TPSA) is 88.6 Å². The summed E-state index contributed by atoms with van der Waals surface area (Å²) in [6.45, 7) is 2.95. The van der Waals surface area contributed by atoms with Crippen molar-refractivity contribution in [3.63, 3.8) is 0 Å². The van der Waals surface area contributed by atoms with Crippen molar-refractivity contribution in [2.75, 3.05) is 26.2 Å². The standard InChI is InChI=1S/C15H19N3O4S/c19-23(20,14-3-2-12(21-14)13-4-7-17-22-13)18-9-1-5-15(11-18)6-8-16-10-15/h2-4,7,16H,1,5-6,8-11H2/t15-/m0/s1. The zero-order chi connectivity index (χ0) is 15.9. The highest BCUT2D eigenvalue weighted by Gasteiger charge is 2.42. The molecule has 2 aliphatic rings. The highest BCUT2D eigenvalue weighted by molar-refractivity contribution is 7.89. The van der Waals surface area contributed by atoms with Crippen molar-refractivity contribution in [2.45, 2.75) is 24.4 Å². The Balaban J connectivity index is 1.60. The second-order valence-corrected chi connectivity index (χ2v) is 8.23. The van der Waals surface area contributed by atoms with E-state index in [2.05, 4.69) is 10.5 Å². The van der Waals surface area contributed by atoms with E-state index in [1.165, 1.54) is 12.3 Å². The Morgan fingerprint density at radius 1 is 1.22 bits per heavy atom. The maximum atomic E-state index is 12.9. The van der Waals surface area contributed by atoms with Crippen LogP contribution in [0, 0.1) is 5.41 Å². The quantitative estimate of drug-likeness (QED) is 0.917. The van der Waals surface area contributed by atoms with Crippen LogP contribution < -0.4 is 5.32 Å². The summed E-state index contributed by atoms with van der Waals surface area (Å²) in [7, 11) is -3.62. The van der Waals surface area contributed by atoms with Gasteiger partial charge in [0.2, 0.25) is 10.9 Å². The minimum atomic E-state index is -3.62. The third kappa shape index (κ3) is 2.60. The summed E-state index contributed by atoms with van der Waals surface area (Å²) in [6, 6.07) is 4.72. The third-order valence-corrected chi connectivity index (χ3v) is 6.53. The molecule has 2 saturated heterocycles. The fourth-order valence-electron chi connectivity index (χ4n) is 3.57. The van der Waals surface area contributed by atoms with Crippen molar-refractivity contribution in [1.29, 1.82) is 0 Å². The lowest BCUT2D eigenvalue weighted by molar-refractivity contribution is 0.165. The summed E-state index contributed by atoms with van der Waals surface area (Å²) < 4.78 is 37.8. The van der Waals surface area contributed by atoms with Gasteiger partial charge in [-0.1, -0.05) is 5.16 Å². The molecule has 7 nitrogen and oxygen atoms in total. The van der Waals surface area contributed by atoms with E-state index in [-0.39, 0.29) is 10.5 Å². The zero-order valence-corrected chi connectivity index (χ0v) is 13.5. The number of nitrogens with zero attached hydrogens (tertiary/aromatic N) is 2. The normalized spacial score (nSPS) is 26.1. The minimum absolute atomic E-state index is 0.0353. The first-order valence-electron chi connectivity index (χ1n) is 7.81. The van der Waals surface area contributed by atoms with Crippen LogP contribution >= 0.6 is 0 Å². The first-order chi connectivity index (χ1) is 11.1. The van der Waals surface area contributed by atoms with Crippen molar-refractivity contribution in [2.24, 2.45) is 5.41 Å². The molecular formula is C15H19N3O4S. The van der Waals surface area contributed by atoms with Gasteiger partial charge in [-0.2, -0.15) is 4.31 Å². The average molecular weight is 337 g/mol. The number of sulfonamides is 1. The van der Waals surface area contributed by atoms with Crippen LogP contribution in [0.25, 0.3) is 11.5 Å². The predicted molar refractivity (Wildman–Crippen MR) is 82.1 cm³/mol. The van der Waals surface area contributed by atoms with Gasteiger partial charge in [0.05, 0.1) is 6.20 Å². The van der Waals surface area contributed by atoms with Crippen LogP contribution in [0.15, 0.2) is 38.4 Å². The Labute approximate surface area is 134 Å². The Bertz CT molecular complexity index is 776. The Kier molecular flexibility index (Phi) is 3.55. The fraction of sp³-hybridized carbons (Fsp3) is 0.533. The van der Waals surface area contributed by atoms with E-state index in [1.54, 1.807) is 16.4 Å². The number of furan rings is 1. The van der Waals surface area contributed by atoms with Crippen molar-refractivity contribution in [1.82, 2.24) is 14.8 Å². The van der Waals surface area contributed by atoms with Crippen LogP contribution in [0.3, 0.4) is 0 Å². The molecule has 8 heteroatoms. The molecule has 0 radical (unpaired) electrons. The van der Waals surface area contributed by atoms with E-state index in [0.717, 1.165) is 32.4 Å². The molecule has 0 amide bonds. The highest BCUT2D eigenvalue weighted by atomic mass is 32.2. The molecule has 2 aromatic heterocycles. The Hall–Kier alpha value is -1.64. The van der Waals surface area contributed by atoms with Crippen LogP contribution in [0.2, 0.25) is 0 Å². The summed E-state index contributed by atoms with van der Waals surface area (Å²) in [5.41, 5.74) is 0.0751. The summed E-state index contributed by atoms with van der Waals surface area (Å²) in [5.74, 6) is 0.789. The van der Waals surface area contributed by atoms with Gasteiger partial charge in [-0.3, -0.25) is 0 Å². The van der Waals surface area contributed by atoms with Gasteiger partial charge in [-0.25, -0.2) is 8.42 Å². The number of piperidine rings is 1.